The van der Waals surface area contributed by atoms with Crippen LogP contribution in [0.3, 0.4) is 0 Å². The molecule has 0 saturated heterocycles. The number of hydrogen-bond acceptors (Lipinski definition) is 6. The zero-order valence-corrected chi connectivity index (χ0v) is 11.9. The molecule has 0 aliphatic carbocycles. The van der Waals surface area contributed by atoms with Gasteiger partial charge in [0.1, 0.15) is 0 Å². The first-order valence-electron chi connectivity index (χ1n) is 3.85. The molecule has 6 nitrogen and oxygen atoms in total. The summed E-state index contributed by atoms with van der Waals surface area (Å²) in [5, 5.41) is 0. The summed E-state index contributed by atoms with van der Waals surface area (Å²) in [5.41, 5.74) is 0. The van der Waals surface area contributed by atoms with E-state index in [4.69, 9.17) is 0 Å². The van der Waals surface area contributed by atoms with E-state index in [2.05, 4.69) is 9.47 Å². The first-order chi connectivity index (χ1) is 6.51. The van der Waals surface area contributed by atoms with Gasteiger partial charge in [-0.2, -0.15) is 0 Å². The molecule has 0 aromatic heterocycles. The Labute approximate surface area is 110 Å². The molecule has 15 heavy (non-hydrogen) atoms. The Hall–Kier alpha value is 0.130. The van der Waals surface area contributed by atoms with Gasteiger partial charge in [0.15, 0.2) is 0 Å². The van der Waals surface area contributed by atoms with Gasteiger partial charge in [-0.3, -0.25) is 9.59 Å². The van der Waals surface area contributed by atoms with Gasteiger partial charge < -0.3 is 18.9 Å². The fourth-order valence-electron chi connectivity index (χ4n) is 0.891. The van der Waals surface area contributed by atoms with Gasteiger partial charge in [-0.05, 0) is 6.16 Å². The van der Waals surface area contributed by atoms with Crippen LogP contribution in [0, 0.1) is 5.92 Å². The average molecular weight is 246 g/mol. The first-order valence-corrected chi connectivity index (χ1v) is 5.38. The quantitative estimate of drug-likeness (QED) is 0.280. The van der Waals surface area contributed by atoms with Crippen molar-refractivity contribution in [2.45, 2.75) is 6.42 Å². The van der Waals surface area contributed by atoms with Gasteiger partial charge in [0.25, 0.3) is 0 Å². The maximum Gasteiger partial charge on any atom is 1.00 e. The summed E-state index contributed by atoms with van der Waals surface area (Å²) in [6.07, 6.45) is -0.645. The largest absolute Gasteiger partial charge is 1.00 e. The van der Waals surface area contributed by atoms with Crippen molar-refractivity contribution in [1.82, 2.24) is 0 Å². The Kier molecular flexibility index (Phi) is 10.9. The van der Waals surface area contributed by atoms with Crippen molar-refractivity contribution in [2.75, 3.05) is 20.4 Å². The summed E-state index contributed by atoms with van der Waals surface area (Å²) in [5.74, 6) is -2.32. The molecule has 0 aromatic rings. The minimum absolute atomic E-state index is 0. The Morgan fingerprint density at radius 3 is 2.20 bits per heavy atom. The van der Waals surface area contributed by atoms with Gasteiger partial charge >= 0.3 is 41.5 Å². The molecule has 2 unspecified atom stereocenters. The molecule has 0 N–H and O–H groups in total. The molecule has 0 fully saturated rings. The van der Waals surface area contributed by atoms with Crippen molar-refractivity contribution in [3.8, 4) is 0 Å². The molecule has 0 radical (unpaired) electrons. The molecule has 0 bridgehead atoms. The summed E-state index contributed by atoms with van der Waals surface area (Å²) >= 11 is 0. The molecule has 0 saturated carbocycles. The topological polar surface area (TPSA) is 92.7 Å². The van der Waals surface area contributed by atoms with Crippen LogP contribution in [0.25, 0.3) is 0 Å². The Bertz CT molecular complexity index is 244. The smallest absolute Gasteiger partial charge is 0.802 e. The average Bonchev–Trinajstić information content (AvgIpc) is 2.14. The molecule has 2 atom stereocenters. The van der Waals surface area contributed by atoms with Gasteiger partial charge in [-0.25, -0.2) is 0 Å². The number of esters is 2. The van der Waals surface area contributed by atoms with E-state index in [1.54, 1.807) is 0 Å². The van der Waals surface area contributed by atoms with Crippen LogP contribution < -0.4 is 34.5 Å². The first kappa shape index (κ1) is 17.5. The van der Waals surface area contributed by atoms with Crippen LogP contribution in [-0.4, -0.2) is 32.3 Å². The van der Waals surface area contributed by atoms with Crippen molar-refractivity contribution in [3.63, 3.8) is 0 Å². The molecule has 0 heterocycles. The third-order valence-electron chi connectivity index (χ3n) is 1.59. The van der Waals surface area contributed by atoms with E-state index < -0.39 is 25.9 Å². The van der Waals surface area contributed by atoms with Gasteiger partial charge in [0.05, 0.1) is 26.6 Å². The Morgan fingerprint density at radius 1 is 1.33 bits per heavy atom. The van der Waals surface area contributed by atoms with Crippen molar-refractivity contribution in [1.29, 1.82) is 0 Å². The second-order valence-electron chi connectivity index (χ2n) is 2.58. The second-order valence-corrected chi connectivity index (χ2v) is 3.73. The molecule has 82 valence electrons. The SMILES string of the molecule is COC(=O)CC(C[PH](=O)[O-])C(=O)OC.[Na+]. The minimum Gasteiger partial charge on any atom is -0.802 e. The third kappa shape index (κ3) is 7.99. The zero-order chi connectivity index (χ0) is 11.1. The molecule has 0 aliphatic heterocycles. The molecule has 8 heteroatoms. The maximum atomic E-state index is 11.0. The van der Waals surface area contributed by atoms with Crippen molar-refractivity contribution < 1.29 is 58.1 Å². The van der Waals surface area contributed by atoms with Gasteiger partial charge in [-0.1, -0.05) is 0 Å². The van der Waals surface area contributed by atoms with Gasteiger partial charge in [0.2, 0.25) is 0 Å². The fraction of sp³-hybridized carbons (Fsp3) is 0.714. The van der Waals surface area contributed by atoms with Crippen LogP contribution in [-0.2, 0) is 23.6 Å². The van der Waals surface area contributed by atoms with E-state index in [1.165, 1.54) is 0 Å². The molecular weight excluding hydrogens is 234 g/mol. The standard InChI is InChI=1S/C7H13O6P.Na/c1-12-6(8)3-5(4-14(10)11)7(9)13-2;/h5,14H,3-4H2,1-2H3,(H,10,11);/q;+1/p-1. The van der Waals surface area contributed by atoms with E-state index >= 15 is 0 Å². The van der Waals surface area contributed by atoms with Crippen LogP contribution in [0.1, 0.15) is 6.42 Å². The molecule has 0 aliphatic rings. The van der Waals surface area contributed by atoms with E-state index in [0.717, 1.165) is 14.2 Å². The summed E-state index contributed by atoms with van der Waals surface area (Å²) in [6, 6.07) is 0. The van der Waals surface area contributed by atoms with Crippen LogP contribution in [0.5, 0.6) is 0 Å². The number of rotatable bonds is 5. The van der Waals surface area contributed by atoms with Crippen molar-refractivity contribution in [2.24, 2.45) is 5.92 Å². The normalized spacial score (nSPS) is 13.3. The van der Waals surface area contributed by atoms with Crippen LogP contribution in [0.4, 0.5) is 0 Å². The van der Waals surface area contributed by atoms with Crippen LogP contribution in [0.15, 0.2) is 0 Å². The number of methoxy groups -OCH3 is 2. The second kappa shape index (κ2) is 9.36. The molecule has 0 aromatic carbocycles. The predicted octanol–water partition coefficient (Wildman–Crippen LogP) is -3.82. The predicted molar refractivity (Wildman–Crippen MR) is 46.0 cm³/mol. The summed E-state index contributed by atoms with van der Waals surface area (Å²) < 4.78 is 19.1. The Balaban J connectivity index is 0. The number of carbonyl (C=O) groups is 2. The van der Waals surface area contributed by atoms with Crippen molar-refractivity contribution >= 4 is 20.0 Å². The van der Waals surface area contributed by atoms with E-state index in [-0.39, 0.29) is 42.1 Å². The van der Waals surface area contributed by atoms with Gasteiger partial charge in [-0.15, -0.1) is 0 Å². The minimum atomic E-state index is -3.05. The van der Waals surface area contributed by atoms with Crippen molar-refractivity contribution in [3.05, 3.63) is 0 Å². The maximum absolute atomic E-state index is 11.0. The number of hydrogen-bond donors (Lipinski definition) is 0. The monoisotopic (exact) mass is 246 g/mol. The molecule has 0 amide bonds. The van der Waals surface area contributed by atoms with E-state index in [0.29, 0.717) is 0 Å². The summed E-state index contributed by atoms with van der Waals surface area (Å²) in [4.78, 5) is 32.2. The van der Waals surface area contributed by atoms with Crippen LogP contribution >= 0.6 is 8.03 Å². The molecular formula is C7H12NaO6P. The zero-order valence-electron chi connectivity index (χ0n) is 8.94. The molecule has 0 spiro atoms. The number of ether oxygens (including phenoxy) is 2. The third-order valence-corrected chi connectivity index (χ3v) is 2.41. The fourth-order valence-corrected chi connectivity index (χ4v) is 1.60. The Morgan fingerprint density at radius 2 is 1.87 bits per heavy atom. The molecule has 0 rings (SSSR count). The van der Waals surface area contributed by atoms with Crippen LogP contribution in [0.2, 0.25) is 0 Å². The van der Waals surface area contributed by atoms with E-state index in [9.17, 15) is 19.0 Å². The summed E-state index contributed by atoms with van der Waals surface area (Å²) in [6.45, 7) is 0. The van der Waals surface area contributed by atoms with Gasteiger partial charge in [0, 0.05) is 8.03 Å². The summed E-state index contributed by atoms with van der Waals surface area (Å²) in [7, 11) is -0.752. The number of carbonyl (C=O) groups excluding carboxylic acids is 2. The van der Waals surface area contributed by atoms with E-state index in [1.807, 2.05) is 0 Å².